The summed E-state index contributed by atoms with van der Waals surface area (Å²) in [5.74, 6) is 0.424. The predicted octanol–water partition coefficient (Wildman–Crippen LogP) is 1.25. The molecular formula is C11H17BrN4O2. The summed E-state index contributed by atoms with van der Waals surface area (Å²) in [6, 6.07) is 0.182. The van der Waals surface area contributed by atoms with Crippen molar-refractivity contribution in [1.82, 2.24) is 15.3 Å². The standard InChI is InChI=1S/C11H17BrN4O2/c1-3-7(2)16-8(17)4-5-13-10-9(12)11(18)15-6-14-10/h6-7H,3-5H2,1-2H3,(H,16,17)(H2,13,14,15,18). The first kappa shape index (κ1) is 14.7. The van der Waals surface area contributed by atoms with Crippen LogP contribution in [-0.2, 0) is 4.79 Å². The Bertz CT molecular complexity index is 461. The lowest BCUT2D eigenvalue weighted by Crippen LogP contribution is -2.33. The van der Waals surface area contributed by atoms with Gasteiger partial charge >= 0.3 is 0 Å². The van der Waals surface area contributed by atoms with E-state index < -0.39 is 0 Å². The number of hydrogen-bond acceptors (Lipinski definition) is 4. The maximum Gasteiger partial charge on any atom is 0.267 e. The van der Waals surface area contributed by atoms with Crippen molar-refractivity contribution in [1.29, 1.82) is 0 Å². The molecule has 1 unspecified atom stereocenters. The first-order valence-electron chi connectivity index (χ1n) is 5.81. The summed E-state index contributed by atoms with van der Waals surface area (Å²) in [7, 11) is 0. The zero-order valence-electron chi connectivity index (χ0n) is 10.4. The summed E-state index contributed by atoms with van der Waals surface area (Å²) in [5.41, 5.74) is -0.253. The van der Waals surface area contributed by atoms with Crippen LogP contribution in [0.3, 0.4) is 0 Å². The molecule has 100 valence electrons. The van der Waals surface area contributed by atoms with Crippen LogP contribution >= 0.6 is 15.9 Å². The molecule has 18 heavy (non-hydrogen) atoms. The fourth-order valence-electron chi connectivity index (χ4n) is 1.25. The Labute approximate surface area is 114 Å². The van der Waals surface area contributed by atoms with Crippen molar-refractivity contribution in [3.05, 3.63) is 21.2 Å². The lowest BCUT2D eigenvalue weighted by atomic mass is 10.2. The Kier molecular flexibility index (Phi) is 5.84. The van der Waals surface area contributed by atoms with Crippen LogP contribution in [0.2, 0.25) is 0 Å². The van der Waals surface area contributed by atoms with E-state index in [1.54, 1.807) is 0 Å². The minimum Gasteiger partial charge on any atom is -0.368 e. The second-order valence-corrected chi connectivity index (χ2v) is 4.74. The highest BCUT2D eigenvalue weighted by atomic mass is 79.9. The quantitative estimate of drug-likeness (QED) is 0.737. The van der Waals surface area contributed by atoms with Gasteiger partial charge in [0, 0.05) is 19.0 Å². The Balaban J connectivity index is 2.40. The summed E-state index contributed by atoms with van der Waals surface area (Å²) >= 11 is 3.13. The van der Waals surface area contributed by atoms with E-state index in [9.17, 15) is 9.59 Å². The highest BCUT2D eigenvalue weighted by Gasteiger charge is 2.07. The third-order valence-corrected chi connectivity index (χ3v) is 3.20. The minimum atomic E-state index is -0.253. The van der Waals surface area contributed by atoms with Gasteiger partial charge in [0.1, 0.15) is 10.3 Å². The number of carbonyl (C=O) groups is 1. The molecule has 0 aromatic carbocycles. The van der Waals surface area contributed by atoms with Gasteiger partial charge in [0.25, 0.3) is 5.56 Å². The Hall–Kier alpha value is -1.37. The molecule has 0 saturated heterocycles. The van der Waals surface area contributed by atoms with Crippen molar-refractivity contribution in [2.75, 3.05) is 11.9 Å². The summed E-state index contributed by atoms with van der Waals surface area (Å²) < 4.78 is 0.340. The highest BCUT2D eigenvalue weighted by Crippen LogP contribution is 2.12. The molecule has 1 aromatic rings. The number of aromatic amines is 1. The molecule has 1 aromatic heterocycles. The molecule has 0 fully saturated rings. The predicted molar refractivity (Wildman–Crippen MR) is 73.6 cm³/mol. The molecule has 0 aliphatic heterocycles. The van der Waals surface area contributed by atoms with Crippen molar-refractivity contribution in [3.8, 4) is 0 Å². The number of hydrogen-bond donors (Lipinski definition) is 3. The van der Waals surface area contributed by atoms with E-state index in [-0.39, 0.29) is 17.5 Å². The largest absolute Gasteiger partial charge is 0.368 e. The van der Waals surface area contributed by atoms with Crippen LogP contribution in [0.1, 0.15) is 26.7 Å². The van der Waals surface area contributed by atoms with Gasteiger partial charge in [0.05, 0.1) is 6.33 Å². The lowest BCUT2D eigenvalue weighted by Gasteiger charge is -2.11. The lowest BCUT2D eigenvalue weighted by molar-refractivity contribution is -0.121. The molecule has 0 saturated carbocycles. The third kappa shape index (κ3) is 4.48. The molecule has 6 nitrogen and oxygen atoms in total. The van der Waals surface area contributed by atoms with Gasteiger partial charge in [-0.05, 0) is 29.3 Å². The zero-order valence-corrected chi connectivity index (χ0v) is 12.0. The third-order valence-electron chi connectivity index (χ3n) is 2.46. The average Bonchev–Trinajstić information content (AvgIpc) is 2.34. The monoisotopic (exact) mass is 316 g/mol. The molecule has 0 bridgehead atoms. The van der Waals surface area contributed by atoms with Gasteiger partial charge in [-0.25, -0.2) is 4.98 Å². The fourth-order valence-corrected chi connectivity index (χ4v) is 1.61. The van der Waals surface area contributed by atoms with Crippen LogP contribution in [-0.4, -0.2) is 28.5 Å². The van der Waals surface area contributed by atoms with Gasteiger partial charge in [0.2, 0.25) is 5.91 Å². The summed E-state index contributed by atoms with van der Waals surface area (Å²) in [6.07, 6.45) is 2.56. The molecule has 1 amide bonds. The molecule has 3 N–H and O–H groups in total. The van der Waals surface area contributed by atoms with E-state index in [0.717, 1.165) is 6.42 Å². The first-order chi connectivity index (χ1) is 8.54. The van der Waals surface area contributed by atoms with Crippen LogP contribution in [0.15, 0.2) is 15.6 Å². The smallest absolute Gasteiger partial charge is 0.267 e. The van der Waals surface area contributed by atoms with E-state index in [2.05, 4.69) is 36.5 Å². The number of carbonyl (C=O) groups excluding carboxylic acids is 1. The Morgan fingerprint density at radius 2 is 2.33 bits per heavy atom. The number of anilines is 1. The summed E-state index contributed by atoms with van der Waals surface area (Å²) in [6.45, 7) is 4.40. The fraction of sp³-hybridized carbons (Fsp3) is 0.545. The number of halogens is 1. The Morgan fingerprint density at radius 1 is 1.61 bits per heavy atom. The van der Waals surface area contributed by atoms with Gasteiger partial charge in [-0.1, -0.05) is 6.92 Å². The molecule has 1 heterocycles. The van der Waals surface area contributed by atoms with E-state index in [0.29, 0.717) is 23.3 Å². The van der Waals surface area contributed by atoms with Gasteiger partial charge in [0.15, 0.2) is 0 Å². The molecule has 1 atom stereocenters. The van der Waals surface area contributed by atoms with Crippen molar-refractivity contribution >= 4 is 27.7 Å². The number of amides is 1. The normalized spacial score (nSPS) is 11.9. The second-order valence-electron chi connectivity index (χ2n) is 3.95. The van der Waals surface area contributed by atoms with Gasteiger partial charge in [-0.3, -0.25) is 9.59 Å². The number of H-pyrrole nitrogens is 1. The van der Waals surface area contributed by atoms with Crippen molar-refractivity contribution in [2.45, 2.75) is 32.7 Å². The van der Waals surface area contributed by atoms with Crippen molar-refractivity contribution < 1.29 is 4.79 Å². The molecule has 0 aliphatic carbocycles. The highest BCUT2D eigenvalue weighted by molar-refractivity contribution is 9.10. The number of aromatic nitrogens is 2. The number of nitrogens with zero attached hydrogens (tertiary/aromatic N) is 1. The van der Waals surface area contributed by atoms with Gasteiger partial charge in [-0.2, -0.15) is 0 Å². The zero-order chi connectivity index (χ0) is 13.5. The molecular weight excluding hydrogens is 300 g/mol. The molecule has 7 heteroatoms. The van der Waals surface area contributed by atoms with Crippen molar-refractivity contribution in [3.63, 3.8) is 0 Å². The molecule has 1 rings (SSSR count). The SMILES string of the molecule is CCC(C)NC(=O)CCNc1nc[nH]c(=O)c1Br. The molecule has 0 radical (unpaired) electrons. The molecule has 0 spiro atoms. The maximum absolute atomic E-state index is 11.5. The van der Waals surface area contributed by atoms with E-state index >= 15 is 0 Å². The van der Waals surface area contributed by atoms with Crippen molar-refractivity contribution in [2.24, 2.45) is 0 Å². The van der Waals surface area contributed by atoms with Crippen LogP contribution < -0.4 is 16.2 Å². The first-order valence-corrected chi connectivity index (χ1v) is 6.60. The topological polar surface area (TPSA) is 86.9 Å². The average molecular weight is 317 g/mol. The molecule has 0 aliphatic rings. The van der Waals surface area contributed by atoms with Crippen LogP contribution in [0.25, 0.3) is 0 Å². The summed E-state index contributed by atoms with van der Waals surface area (Å²) in [4.78, 5) is 29.2. The second kappa shape index (κ2) is 7.15. The van der Waals surface area contributed by atoms with Crippen LogP contribution in [0.4, 0.5) is 5.82 Å². The van der Waals surface area contributed by atoms with Gasteiger partial charge in [-0.15, -0.1) is 0 Å². The maximum atomic E-state index is 11.5. The number of nitrogens with one attached hydrogen (secondary N) is 3. The Morgan fingerprint density at radius 3 is 3.00 bits per heavy atom. The van der Waals surface area contributed by atoms with Crippen LogP contribution in [0.5, 0.6) is 0 Å². The van der Waals surface area contributed by atoms with E-state index in [1.807, 2.05) is 13.8 Å². The number of rotatable bonds is 6. The van der Waals surface area contributed by atoms with Crippen LogP contribution in [0, 0.1) is 0 Å². The van der Waals surface area contributed by atoms with Gasteiger partial charge < -0.3 is 15.6 Å². The van der Waals surface area contributed by atoms with E-state index in [1.165, 1.54) is 6.33 Å². The summed E-state index contributed by atoms with van der Waals surface area (Å²) in [5, 5.41) is 5.80. The minimum absolute atomic E-state index is 0.0159. The van der Waals surface area contributed by atoms with E-state index in [4.69, 9.17) is 0 Å².